The van der Waals surface area contributed by atoms with Gasteiger partial charge in [-0.2, -0.15) is 0 Å². The highest BCUT2D eigenvalue weighted by Gasteiger charge is 2.12. The number of hydrogen-bond acceptors (Lipinski definition) is 5. The van der Waals surface area contributed by atoms with Gasteiger partial charge in [0.15, 0.2) is 0 Å². The van der Waals surface area contributed by atoms with E-state index in [0.717, 1.165) is 0 Å². The lowest BCUT2D eigenvalue weighted by Crippen LogP contribution is -2.27. The third-order valence-electron chi connectivity index (χ3n) is 1.19. The minimum atomic E-state index is -1.34. The zero-order valence-electron chi connectivity index (χ0n) is 16.7. The zero-order valence-corrected chi connectivity index (χ0v) is 16.7. The Labute approximate surface area is 147 Å². The maximum Gasteiger partial charge on any atom is 0.483 e. The van der Waals surface area contributed by atoms with Crippen LogP contribution < -0.4 is 11.5 Å². The molecule has 8 heteroatoms. The normalized spacial score (nSPS) is 8.88. The Kier molecular flexibility index (Phi) is 33.0. The van der Waals surface area contributed by atoms with Crippen LogP contribution in [0.4, 0.5) is 4.79 Å². The Hall–Kier alpha value is -1.80. The van der Waals surface area contributed by atoms with Crippen molar-refractivity contribution in [1.29, 1.82) is 0 Å². The molecule has 0 aromatic carbocycles. The van der Waals surface area contributed by atoms with Gasteiger partial charge >= 0.3 is 13.2 Å². The van der Waals surface area contributed by atoms with E-state index in [4.69, 9.17) is 15.8 Å². The largest absolute Gasteiger partial charge is 0.483 e. The van der Waals surface area contributed by atoms with Crippen molar-refractivity contribution in [2.45, 2.75) is 67.9 Å². The SMILES string of the molecule is C=C/C=C(\C)B(O)O.CC.CC.CC(C)(C)OC(N)=O.CC(N)=O. The first-order valence-corrected chi connectivity index (χ1v) is 7.73. The minimum Gasteiger partial charge on any atom is -0.444 e. The van der Waals surface area contributed by atoms with Gasteiger partial charge in [0, 0.05) is 6.92 Å². The van der Waals surface area contributed by atoms with Crippen molar-refractivity contribution < 1.29 is 24.4 Å². The lowest BCUT2D eigenvalue weighted by molar-refractivity contribution is -0.115. The third kappa shape index (κ3) is 71.6. The molecule has 0 fully saturated rings. The van der Waals surface area contributed by atoms with Crippen LogP contribution in [0.1, 0.15) is 62.3 Å². The van der Waals surface area contributed by atoms with Crippen LogP contribution in [0, 0.1) is 0 Å². The van der Waals surface area contributed by atoms with E-state index in [0.29, 0.717) is 5.47 Å². The van der Waals surface area contributed by atoms with Crippen molar-refractivity contribution in [2.75, 3.05) is 0 Å². The molecular weight excluding hydrogens is 311 g/mol. The highest BCUT2D eigenvalue weighted by molar-refractivity contribution is 6.50. The molecule has 0 unspecified atom stereocenters. The quantitative estimate of drug-likeness (QED) is 0.449. The molecule has 0 saturated carbocycles. The van der Waals surface area contributed by atoms with E-state index < -0.39 is 18.8 Å². The summed E-state index contributed by atoms with van der Waals surface area (Å²) in [5.74, 6) is -0.333. The molecule has 0 bridgehead atoms. The fraction of sp³-hybridized carbons (Fsp3) is 0.625. The van der Waals surface area contributed by atoms with E-state index in [9.17, 15) is 9.59 Å². The van der Waals surface area contributed by atoms with Crippen LogP contribution in [-0.2, 0) is 9.53 Å². The highest BCUT2D eigenvalue weighted by Crippen LogP contribution is 2.04. The number of hydrogen-bond donors (Lipinski definition) is 4. The van der Waals surface area contributed by atoms with Crippen LogP contribution >= 0.6 is 0 Å². The average molecular weight is 348 g/mol. The number of nitrogens with two attached hydrogens (primary N) is 2. The summed E-state index contributed by atoms with van der Waals surface area (Å²) < 4.78 is 4.58. The predicted molar refractivity (Wildman–Crippen MR) is 102 cm³/mol. The van der Waals surface area contributed by atoms with Gasteiger partial charge in [0.25, 0.3) is 0 Å². The zero-order chi connectivity index (χ0) is 20.9. The van der Waals surface area contributed by atoms with Gasteiger partial charge in [-0.05, 0) is 33.2 Å². The van der Waals surface area contributed by atoms with Crippen LogP contribution in [0.5, 0.6) is 0 Å². The number of ether oxygens (including phenoxy) is 1. The smallest absolute Gasteiger partial charge is 0.444 e. The van der Waals surface area contributed by atoms with Crippen LogP contribution in [-0.4, -0.2) is 34.8 Å². The number of primary amides is 2. The molecule has 2 amide bonds. The van der Waals surface area contributed by atoms with Gasteiger partial charge in [-0.1, -0.05) is 46.4 Å². The summed E-state index contributed by atoms with van der Waals surface area (Å²) in [6, 6.07) is 0. The lowest BCUT2D eigenvalue weighted by atomic mass is 9.81. The number of allylic oxidation sites excluding steroid dienone is 3. The van der Waals surface area contributed by atoms with Crippen molar-refractivity contribution in [3.05, 3.63) is 24.2 Å². The molecule has 0 spiro atoms. The first-order valence-electron chi connectivity index (χ1n) is 7.73. The highest BCUT2D eigenvalue weighted by atomic mass is 16.6. The van der Waals surface area contributed by atoms with Crippen molar-refractivity contribution in [1.82, 2.24) is 0 Å². The van der Waals surface area contributed by atoms with Gasteiger partial charge in [0.05, 0.1) is 0 Å². The maximum atomic E-state index is 10.0. The van der Waals surface area contributed by atoms with Gasteiger partial charge in [-0.3, -0.25) is 4.79 Å². The van der Waals surface area contributed by atoms with Crippen LogP contribution in [0.2, 0.25) is 0 Å². The van der Waals surface area contributed by atoms with Gasteiger partial charge in [-0.15, -0.1) is 0 Å². The van der Waals surface area contributed by atoms with Gasteiger partial charge in [-0.25, -0.2) is 4.79 Å². The number of carbonyl (C=O) groups is 2. The Balaban J connectivity index is -0.0000000707. The summed E-state index contributed by atoms with van der Waals surface area (Å²) in [5.41, 5.74) is 9.24. The summed E-state index contributed by atoms with van der Waals surface area (Å²) in [4.78, 5) is 19.2. The average Bonchev–Trinajstić information content (AvgIpc) is 2.40. The van der Waals surface area contributed by atoms with Crippen molar-refractivity contribution >= 4 is 19.1 Å². The molecule has 0 radical (unpaired) electrons. The van der Waals surface area contributed by atoms with E-state index in [1.807, 2.05) is 27.7 Å². The molecule has 0 aliphatic rings. The molecule has 24 heavy (non-hydrogen) atoms. The molecule has 0 saturated heterocycles. The summed E-state index contributed by atoms with van der Waals surface area (Å²) in [7, 11) is -1.34. The number of carbonyl (C=O) groups excluding carboxylic acids is 2. The molecule has 144 valence electrons. The fourth-order valence-electron chi connectivity index (χ4n) is 0.574. The van der Waals surface area contributed by atoms with E-state index >= 15 is 0 Å². The Morgan fingerprint density at radius 1 is 1.04 bits per heavy atom. The molecule has 0 rings (SSSR count). The summed E-state index contributed by atoms with van der Waals surface area (Å²) in [5, 5.41) is 16.8. The van der Waals surface area contributed by atoms with Gasteiger partial charge < -0.3 is 26.3 Å². The first-order chi connectivity index (χ1) is 10.8. The third-order valence-corrected chi connectivity index (χ3v) is 1.19. The molecule has 0 atom stereocenters. The van der Waals surface area contributed by atoms with E-state index in [1.54, 1.807) is 33.8 Å². The number of amides is 2. The lowest BCUT2D eigenvalue weighted by Gasteiger charge is -2.16. The molecule has 0 aromatic rings. The second-order valence-electron chi connectivity index (χ2n) is 4.66. The Morgan fingerprint density at radius 3 is 1.38 bits per heavy atom. The molecule has 0 aromatic heterocycles. The summed E-state index contributed by atoms with van der Waals surface area (Å²) in [6.45, 7) is 19.6. The summed E-state index contributed by atoms with van der Waals surface area (Å²) >= 11 is 0. The second kappa shape index (κ2) is 23.5. The van der Waals surface area contributed by atoms with Crippen molar-refractivity contribution in [3.63, 3.8) is 0 Å². The topological polar surface area (TPSA) is 136 Å². The molecule has 6 N–H and O–H groups in total. The van der Waals surface area contributed by atoms with Gasteiger partial charge in [0.2, 0.25) is 5.91 Å². The maximum absolute atomic E-state index is 10.0. The monoisotopic (exact) mass is 348 g/mol. The predicted octanol–water partition coefficient (Wildman–Crippen LogP) is 2.55. The summed E-state index contributed by atoms with van der Waals surface area (Å²) in [6.07, 6.45) is 2.33. The standard InChI is InChI=1S/C5H9BO2.C5H11NO2.C2H5NO.2C2H6/c1-3-4-5(2)6(7)8;1-5(2,3)8-4(6)7;1-2(3)4;2*1-2/h3-4,7-8H,1H2,2H3;1-3H3,(H2,6,7);1H3,(H2,3,4);2*1-2H3/b5-4+;;;;. The molecule has 0 heterocycles. The minimum absolute atomic E-state index is 0.333. The van der Waals surface area contributed by atoms with Crippen molar-refractivity contribution in [3.8, 4) is 0 Å². The van der Waals surface area contributed by atoms with E-state index in [2.05, 4.69) is 17.0 Å². The molecule has 0 aliphatic heterocycles. The van der Waals surface area contributed by atoms with Crippen molar-refractivity contribution in [2.24, 2.45) is 11.5 Å². The van der Waals surface area contributed by atoms with Crippen LogP contribution in [0.3, 0.4) is 0 Å². The molecule has 7 nitrogen and oxygen atoms in total. The van der Waals surface area contributed by atoms with Crippen LogP contribution in [0.15, 0.2) is 24.2 Å². The van der Waals surface area contributed by atoms with Crippen LogP contribution in [0.25, 0.3) is 0 Å². The first kappa shape index (κ1) is 33.7. The number of rotatable bonds is 2. The van der Waals surface area contributed by atoms with E-state index in [-0.39, 0.29) is 5.91 Å². The fourth-order valence-corrected chi connectivity index (χ4v) is 0.574. The van der Waals surface area contributed by atoms with Gasteiger partial charge in [0.1, 0.15) is 5.60 Å². The second-order valence-corrected chi connectivity index (χ2v) is 4.66. The molecular formula is C16H37BN2O5. The Bertz CT molecular complexity index is 334. The molecule has 0 aliphatic carbocycles. The van der Waals surface area contributed by atoms with E-state index in [1.165, 1.54) is 13.0 Å². The Morgan fingerprint density at radius 2 is 1.33 bits per heavy atom.